The number of nitrogens with zero attached hydrogens (tertiary/aromatic N) is 2. The van der Waals surface area contributed by atoms with Crippen LogP contribution in [0.2, 0.25) is 0 Å². The van der Waals surface area contributed by atoms with Crippen molar-refractivity contribution in [2.75, 3.05) is 26.7 Å². The maximum atomic E-state index is 13.1. The molecule has 0 unspecified atom stereocenters. The van der Waals surface area contributed by atoms with E-state index in [9.17, 15) is 18.0 Å². The molecule has 0 spiro atoms. The Morgan fingerprint density at radius 2 is 1.69 bits per heavy atom. The number of carbonyl (C=O) groups excluding carboxylic acids is 2. The molecule has 8 heteroatoms. The summed E-state index contributed by atoms with van der Waals surface area (Å²) >= 11 is 0. The van der Waals surface area contributed by atoms with Gasteiger partial charge in [0, 0.05) is 26.7 Å². The highest BCUT2D eigenvalue weighted by Crippen LogP contribution is 2.24. The Labute approximate surface area is 190 Å². The summed E-state index contributed by atoms with van der Waals surface area (Å²) in [5, 5.41) is 0. The van der Waals surface area contributed by atoms with Crippen LogP contribution in [0, 0.1) is 13.8 Å². The van der Waals surface area contributed by atoms with Gasteiger partial charge in [0.1, 0.15) is 0 Å². The monoisotopic (exact) mass is 458 g/mol. The highest BCUT2D eigenvalue weighted by atomic mass is 32.2. The van der Waals surface area contributed by atoms with E-state index < -0.39 is 22.6 Å². The van der Waals surface area contributed by atoms with E-state index in [0.29, 0.717) is 25.2 Å². The van der Waals surface area contributed by atoms with E-state index in [1.54, 1.807) is 20.0 Å². The van der Waals surface area contributed by atoms with Crippen LogP contribution in [-0.4, -0.2) is 56.2 Å². The van der Waals surface area contributed by atoms with Crippen LogP contribution in [0.3, 0.4) is 0 Å². The highest BCUT2D eigenvalue weighted by molar-refractivity contribution is 7.89. The Hall–Kier alpha value is -2.71. The first-order chi connectivity index (χ1) is 15.2. The summed E-state index contributed by atoms with van der Waals surface area (Å²) in [6, 6.07) is 12.2. The predicted molar refractivity (Wildman–Crippen MR) is 122 cm³/mol. The molecule has 1 fully saturated rings. The molecule has 2 aromatic rings. The molecule has 1 saturated heterocycles. The van der Waals surface area contributed by atoms with E-state index in [-0.39, 0.29) is 16.4 Å². The van der Waals surface area contributed by atoms with Crippen LogP contribution in [0.5, 0.6) is 0 Å². The molecule has 32 heavy (non-hydrogen) atoms. The fraction of sp³-hybridized carbons (Fsp3) is 0.417. The minimum Gasteiger partial charge on any atom is -0.452 e. The topological polar surface area (TPSA) is 84.0 Å². The average Bonchev–Trinajstić information content (AvgIpc) is 2.79. The van der Waals surface area contributed by atoms with Gasteiger partial charge in [-0.15, -0.1) is 0 Å². The maximum Gasteiger partial charge on any atom is 0.338 e. The molecule has 1 aliphatic heterocycles. The van der Waals surface area contributed by atoms with Crippen molar-refractivity contribution in [3.8, 4) is 0 Å². The number of likely N-dealkylation sites (N-methyl/N-ethyl adjacent to an activating group) is 1. The summed E-state index contributed by atoms with van der Waals surface area (Å²) < 4.78 is 32.8. The van der Waals surface area contributed by atoms with Crippen LogP contribution in [-0.2, 0) is 26.1 Å². The lowest BCUT2D eigenvalue weighted by Crippen LogP contribution is -2.36. The van der Waals surface area contributed by atoms with Gasteiger partial charge in [-0.1, -0.05) is 36.8 Å². The van der Waals surface area contributed by atoms with Gasteiger partial charge in [-0.25, -0.2) is 13.2 Å². The van der Waals surface area contributed by atoms with Crippen LogP contribution in [0.15, 0.2) is 47.4 Å². The number of amides is 1. The van der Waals surface area contributed by atoms with Gasteiger partial charge in [-0.2, -0.15) is 4.31 Å². The normalized spacial score (nSPS) is 14.7. The number of piperidine rings is 1. The number of aryl methyl sites for hydroxylation is 2. The second kappa shape index (κ2) is 10.3. The molecule has 2 aromatic carbocycles. The first kappa shape index (κ1) is 23.9. The van der Waals surface area contributed by atoms with Gasteiger partial charge in [-0.3, -0.25) is 4.79 Å². The molecule has 0 aliphatic carbocycles. The first-order valence-electron chi connectivity index (χ1n) is 10.8. The number of ether oxygens (including phenoxy) is 1. The SMILES string of the molecule is Cc1ccccc1CN(C)C(=O)COC(=O)c1ccc(C)c(S(=O)(=O)N2CCCCC2)c1. The Balaban J connectivity index is 1.66. The molecular weight excluding hydrogens is 428 g/mol. The number of rotatable bonds is 7. The molecule has 172 valence electrons. The van der Waals surface area contributed by atoms with Gasteiger partial charge < -0.3 is 9.64 Å². The van der Waals surface area contributed by atoms with Crippen LogP contribution in [0.4, 0.5) is 0 Å². The fourth-order valence-corrected chi connectivity index (χ4v) is 5.47. The van der Waals surface area contributed by atoms with Crippen molar-refractivity contribution in [3.63, 3.8) is 0 Å². The van der Waals surface area contributed by atoms with Gasteiger partial charge in [0.05, 0.1) is 10.5 Å². The van der Waals surface area contributed by atoms with Crippen LogP contribution in [0.1, 0.15) is 46.3 Å². The van der Waals surface area contributed by atoms with E-state index in [4.69, 9.17) is 4.74 Å². The van der Waals surface area contributed by atoms with E-state index in [1.165, 1.54) is 21.3 Å². The minimum atomic E-state index is -3.68. The fourth-order valence-electron chi connectivity index (χ4n) is 3.70. The third-order valence-corrected chi connectivity index (χ3v) is 7.82. The molecule has 0 radical (unpaired) electrons. The third-order valence-electron chi connectivity index (χ3n) is 5.78. The highest BCUT2D eigenvalue weighted by Gasteiger charge is 2.28. The number of esters is 1. The van der Waals surface area contributed by atoms with Crippen molar-refractivity contribution >= 4 is 21.9 Å². The van der Waals surface area contributed by atoms with Crippen molar-refractivity contribution in [3.05, 3.63) is 64.7 Å². The summed E-state index contributed by atoms with van der Waals surface area (Å²) in [6.07, 6.45) is 2.68. The molecule has 0 atom stereocenters. The van der Waals surface area contributed by atoms with Crippen LogP contribution in [0.25, 0.3) is 0 Å². The number of hydrogen-bond donors (Lipinski definition) is 0. The lowest BCUT2D eigenvalue weighted by atomic mass is 10.1. The summed E-state index contributed by atoms with van der Waals surface area (Å²) in [7, 11) is -2.03. The van der Waals surface area contributed by atoms with Crippen molar-refractivity contribution in [2.24, 2.45) is 0 Å². The van der Waals surface area contributed by atoms with E-state index in [1.807, 2.05) is 31.2 Å². The van der Waals surface area contributed by atoms with Gasteiger partial charge >= 0.3 is 5.97 Å². The smallest absolute Gasteiger partial charge is 0.338 e. The quantitative estimate of drug-likeness (QED) is 0.595. The maximum absolute atomic E-state index is 13.1. The average molecular weight is 459 g/mol. The second-order valence-corrected chi connectivity index (χ2v) is 10.1. The summed E-state index contributed by atoms with van der Waals surface area (Å²) in [4.78, 5) is 26.6. The predicted octanol–water partition coefficient (Wildman–Crippen LogP) is 3.29. The van der Waals surface area contributed by atoms with Crippen molar-refractivity contribution in [2.45, 2.75) is 44.6 Å². The molecule has 1 aliphatic rings. The third kappa shape index (κ3) is 5.55. The molecule has 0 aromatic heterocycles. The summed E-state index contributed by atoms with van der Waals surface area (Å²) in [5.74, 6) is -1.06. The zero-order valence-electron chi connectivity index (χ0n) is 18.8. The minimum absolute atomic E-state index is 0.108. The van der Waals surface area contributed by atoms with Gasteiger partial charge in [0.25, 0.3) is 5.91 Å². The van der Waals surface area contributed by atoms with Crippen LogP contribution < -0.4 is 0 Å². The van der Waals surface area contributed by atoms with Crippen molar-refractivity contribution in [1.29, 1.82) is 0 Å². The zero-order chi connectivity index (χ0) is 23.3. The van der Waals surface area contributed by atoms with Crippen molar-refractivity contribution in [1.82, 2.24) is 9.21 Å². The molecular formula is C24H30N2O5S. The summed E-state index contributed by atoms with van der Waals surface area (Å²) in [5.41, 5.74) is 2.77. The standard InChI is InChI=1S/C24H30N2O5S/c1-18-9-5-6-10-21(18)16-25(3)23(27)17-31-24(28)20-12-11-19(2)22(15-20)32(29,30)26-13-7-4-8-14-26/h5-6,9-12,15H,4,7-8,13-14,16-17H2,1-3H3. The Bertz CT molecular complexity index is 1090. The Morgan fingerprint density at radius 3 is 2.38 bits per heavy atom. The number of carbonyl (C=O) groups is 2. The van der Waals surface area contributed by atoms with E-state index in [2.05, 4.69) is 0 Å². The molecule has 0 bridgehead atoms. The number of benzene rings is 2. The zero-order valence-corrected chi connectivity index (χ0v) is 19.7. The first-order valence-corrected chi connectivity index (χ1v) is 12.2. The Kier molecular flexibility index (Phi) is 7.69. The number of hydrogen-bond acceptors (Lipinski definition) is 5. The van der Waals surface area contributed by atoms with E-state index >= 15 is 0 Å². The Morgan fingerprint density at radius 1 is 1.00 bits per heavy atom. The van der Waals surface area contributed by atoms with Gasteiger partial charge in [0.15, 0.2) is 6.61 Å². The van der Waals surface area contributed by atoms with Crippen LogP contribution >= 0.6 is 0 Å². The second-order valence-electron chi connectivity index (χ2n) is 8.20. The van der Waals surface area contributed by atoms with Gasteiger partial charge in [-0.05, 0) is 55.5 Å². The largest absolute Gasteiger partial charge is 0.452 e. The number of sulfonamides is 1. The van der Waals surface area contributed by atoms with Crippen molar-refractivity contribution < 1.29 is 22.7 Å². The van der Waals surface area contributed by atoms with E-state index in [0.717, 1.165) is 30.4 Å². The summed E-state index contributed by atoms with van der Waals surface area (Å²) in [6.45, 7) is 4.64. The molecule has 1 amide bonds. The molecule has 3 rings (SSSR count). The van der Waals surface area contributed by atoms with Gasteiger partial charge in [0.2, 0.25) is 10.0 Å². The molecule has 7 nitrogen and oxygen atoms in total. The molecule has 0 N–H and O–H groups in total. The lowest BCUT2D eigenvalue weighted by molar-refractivity contribution is -0.133. The molecule has 1 heterocycles. The molecule has 0 saturated carbocycles. The lowest BCUT2D eigenvalue weighted by Gasteiger charge is -2.26.